The first kappa shape index (κ1) is 11.2. The number of carboxylic acids is 1. The molecule has 1 rings (SSSR count). The fourth-order valence-corrected chi connectivity index (χ4v) is 0.762. The van der Waals surface area contributed by atoms with Gasteiger partial charge in [-0.3, -0.25) is 0 Å². The van der Waals surface area contributed by atoms with Crippen LogP contribution in [-0.2, 0) is 0 Å². The number of carboxylic acid groups (broad SMARTS) is 1. The number of rotatable bonds is 2. The fraction of sp³-hybridized carbons (Fsp3) is 0. The summed E-state index contributed by atoms with van der Waals surface area (Å²) in [5.41, 5.74) is 1.23. The summed E-state index contributed by atoms with van der Waals surface area (Å²) in [6.07, 6.45) is 1.67. The Labute approximate surface area is 90.0 Å². The van der Waals surface area contributed by atoms with E-state index in [4.69, 9.17) is 5.11 Å². The summed E-state index contributed by atoms with van der Waals surface area (Å²) in [7, 11) is 0. The maximum Gasteiger partial charge on any atom is 2.00 e. The molecule has 2 nitrogen and oxygen atoms in total. The number of benzene rings is 1. The molecule has 0 heterocycles. The number of hydrogen-bond donors (Lipinski definition) is 1. The van der Waals surface area contributed by atoms with Gasteiger partial charge in [0.2, 0.25) is 0 Å². The van der Waals surface area contributed by atoms with Gasteiger partial charge < -0.3 is 7.96 Å². The van der Waals surface area contributed by atoms with E-state index in [1.54, 1.807) is 30.3 Å². The molecule has 3 heteroatoms. The molecule has 0 unspecified atom stereocenters. The summed E-state index contributed by atoms with van der Waals surface area (Å²) < 4.78 is 0. The summed E-state index contributed by atoms with van der Waals surface area (Å²) in [5, 5.41) is 8.52. The summed E-state index contributed by atoms with van der Waals surface area (Å²) in [4.78, 5) is 10.4. The molecule has 0 amide bonds. The summed E-state index contributed by atoms with van der Waals surface area (Å²) in [5.74, 6) is -0.902. The second-order valence-electron chi connectivity index (χ2n) is 2.13. The molecule has 0 radical (unpaired) electrons. The average molecular weight is 174 g/mol. The molecule has 0 fully saturated rings. The van der Waals surface area contributed by atoms with Gasteiger partial charge in [0.15, 0.2) is 0 Å². The van der Waals surface area contributed by atoms with Crippen LogP contribution in [0.1, 0.15) is 18.8 Å². The number of hydrogen-bond acceptors (Lipinski definition) is 1. The molecule has 0 aliphatic rings. The van der Waals surface area contributed by atoms with Gasteiger partial charge in [-0.25, -0.2) is 4.79 Å². The predicted molar refractivity (Wildman–Crippen MR) is 51.5 cm³/mol. The van der Waals surface area contributed by atoms with E-state index in [9.17, 15) is 4.79 Å². The molecule has 0 aliphatic carbocycles. The van der Waals surface area contributed by atoms with Gasteiger partial charge in [-0.05, 0) is 17.7 Å². The van der Waals surface area contributed by atoms with E-state index in [-0.39, 0.29) is 25.9 Å². The van der Waals surface area contributed by atoms with Crippen LogP contribution in [-0.4, -0.2) is 34.1 Å². The average Bonchev–Trinajstić information content (AvgIpc) is 2.05. The van der Waals surface area contributed by atoms with E-state index in [0.29, 0.717) is 5.56 Å². The van der Waals surface area contributed by atoms with Gasteiger partial charge in [0.1, 0.15) is 0 Å². The zero-order chi connectivity index (χ0) is 8.27. The van der Waals surface area contributed by atoms with Crippen molar-refractivity contribution in [1.82, 2.24) is 0 Å². The van der Waals surface area contributed by atoms with Gasteiger partial charge in [-0.2, -0.15) is 0 Å². The largest absolute Gasteiger partial charge is 2.00 e. The van der Waals surface area contributed by atoms with Crippen molar-refractivity contribution in [3.63, 3.8) is 0 Å². The molecule has 0 bridgehead atoms. The van der Waals surface area contributed by atoms with Gasteiger partial charge >= 0.3 is 29.0 Å². The van der Waals surface area contributed by atoms with Gasteiger partial charge in [0, 0.05) is 0 Å². The van der Waals surface area contributed by atoms with E-state index in [1.807, 2.05) is 0 Å². The van der Waals surface area contributed by atoms with Crippen LogP contribution in [0.4, 0.5) is 0 Å². The number of aromatic carboxylic acids is 1. The van der Waals surface area contributed by atoms with Crippen molar-refractivity contribution in [1.29, 1.82) is 0 Å². The van der Waals surface area contributed by atoms with Crippen LogP contribution in [0, 0.1) is 0 Å². The van der Waals surface area contributed by atoms with Crippen molar-refractivity contribution in [2.24, 2.45) is 0 Å². The summed E-state index contributed by atoms with van der Waals surface area (Å²) in [6.45, 7) is 3.56. The SMILES string of the molecule is C=Cc1ccc(C(=O)O)cc1.[H-].[H-].[Mg+2]. The van der Waals surface area contributed by atoms with E-state index in [2.05, 4.69) is 6.58 Å². The molecular formula is C9H10MgO2. The summed E-state index contributed by atoms with van der Waals surface area (Å²) >= 11 is 0. The second kappa shape index (κ2) is 4.95. The van der Waals surface area contributed by atoms with Gasteiger partial charge in [-0.1, -0.05) is 24.8 Å². The maximum absolute atomic E-state index is 10.4. The van der Waals surface area contributed by atoms with Crippen LogP contribution >= 0.6 is 0 Å². The Balaban J connectivity index is -0.000000403. The van der Waals surface area contributed by atoms with Crippen LogP contribution in [0.25, 0.3) is 6.08 Å². The monoisotopic (exact) mass is 174 g/mol. The van der Waals surface area contributed by atoms with Crippen molar-refractivity contribution in [3.05, 3.63) is 42.0 Å². The van der Waals surface area contributed by atoms with Gasteiger partial charge in [-0.15, -0.1) is 0 Å². The maximum atomic E-state index is 10.4. The third kappa shape index (κ3) is 2.68. The topological polar surface area (TPSA) is 37.3 Å². The van der Waals surface area contributed by atoms with Crippen LogP contribution < -0.4 is 0 Å². The normalized spacial score (nSPS) is 8.33. The third-order valence-corrected chi connectivity index (χ3v) is 1.39. The Kier molecular flexibility index (Phi) is 4.62. The smallest absolute Gasteiger partial charge is 1.00 e. The van der Waals surface area contributed by atoms with Gasteiger partial charge in [0.05, 0.1) is 5.56 Å². The van der Waals surface area contributed by atoms with Crippen molar-refractivity contribution < 1.29 is 12.8 Å². The molecule has 1 aromatic carbocycles. The molecule has 0 saturated heterocycles. The molecule has 1 N–H and O–H groups in total. The first-order valence-electron chi connectivity index (χ1n) is 3.20. The van der Waals surface area contributed by atoms with Crippen molar-refractivity contribution >= 4 is 35.1 Å². The van der Waals surface area contributed by atoms with E-state index in [1.165, 1.54) is 0 Å². The molecule has 12 heavy (non-hydrogen) atoms. The molecule has 0 saturated carbocycles. The Morgan fingerprint density at radius 1 is 1.42 bits per heavy atom. The standard InChI is InChI=1S/C9H8O2.Mg.2H/c1-2-7-3-5-8(6-4-7)9(10)11;;;/h2-6H,1H2,(H,10,11);;;/q;+2;2*-1. The molecular weight excluding hydrogens is 164 g/mol. The number of carbonyl (C=O) groups is 1. The Morgan fingerprint density at radius 2 is 1.92 bits per heavy atom. The first-order valence-corrected chi connectivity index (χ1v) is 3.20. The van der Waals surface area contributed by atoms with Crippen LogP contribution in [0.2, 0.25) is 0 Å². The third-order valence-electron chi connectivity index (χ3n) is 1.39. The molecule has 0 atom stereocenters. The molecule has 0 aromatic heterocycles. The summed E-state index contributed by atoms with van der Waals surface area (Å²) in [6, 6.07) is 6.55. The van der Waals surface area contributed by atoms with Crippen molar-refractivity contribution in [2.45, 2.75) is 0 Å². The minimum Gasteiger partial charge on any atom is -1.00 e. The second-order valence-corrected chi connectivity index (χ2v) is 2.13. The Morgan fingerprint density at radius 3 is 2.25 bits per heavy atom. The first-order chi connectivity index (χ1) is 5.24. The van der Waals surface area contributed by atoms with Crippen molar-refractivity contribution in [2.75, 3.05) is 0 Å². The molecule has 60 valence electrons. The van der Waals surface area contributed by atoms with Gasteiger partial charge in [0.25, 0.3) is 0 Å². The van der Waals surface area contributed by atoms with E-state index >= 15 is 0 Å². The van der Waals surface area contributed by atoms with Crippen LogP contribution in [0.15, 0.2) is 30.8 Å². The van der Waals surface area contributed by atoms with E-state index < -0.39 is 5.97 Å². The van der Waals surface area contributed by atoms with Crippen LogP contribution in [0.3, 0.4) is 0 Å². The Hall–Kier alpha value is -0.804. The fourth-order valence-electron chi connectivity index (χ4n) is 0.762. The van der Waals surface area contributed by atoms with Crippen LogP contribution in [0.5, 0.6) is 0 Å². The Bertz CT molecular complexity index is 285. The molecule has 0 aliphatic heterocycles. The zero-order valence-electron chi connectivity index (χ0n) is 8.66. The molecule has 1 aromatic rings. The van der Waals surface area contributed by atoms with Crippen molar-refractivity contribution in [3.8, 4) is 0 Å². The minimum absolute atomic E-state index is 0. The molecule has 0 spiro atoms. The quantitative estimate of drug-likeness (QED) is 0.695. The zero-order valence-corrected chi connectivity index (χ0v) is 8.07. The minimum atomic E-state index is -0.902. The predicted octanol–water partition coefficient (Wildman–Crippen LogP) is 1.87. The van der Waals surface area contributed by atoms with E-state index in [0.717, 1.165) is 5.56 Å².